The lowest BCUT2D eigenvalue weighted by molar-refractivity contribution is -0.188. The summed E-state index contributed by atoms with van der Waals surface area (Å²) in [5.74, 6) is 1.96. The molecule has 3 aromatic carbocycles. The highest BCUT2D eigenvalue weighted by Crippen LogP contribution is 2.64. The van der Waals surface area contributed by atoms with E-state index in [1.165, 1.54) is 12.8 Å². The first-order valence-corrected chi connectivity index (χ1v) is 16.7. The number of aliphatic hydroxyl groups is 1. The summed E-state index contributed by atoms with van der Waals surface area (Å²) >= 11 is 0. The van der Waals surface area contributed by atoms with Crippen LogP contribution in [0.25, 0.3) is 11.1 Å². The molecule has 2 aliphatic heterocycles. The van der Waals surface area contributed by atoms with Gasteiger partial charge in [-0.3, -0.25) is 14.5 Å². The number of Topliss-reactive ketones (excluding diaryl/α,β-unsaturated/α-hetero) is 1. The molecule has 2 bridgehead atoms. The summed E-state index contributed by atoms with van der Waals surface area (Å²) < 4.78 is 12.2. The highest BCUT2D eigenvalue weighted by molar-refractivity contribution is 5.99. The highest BCUT2D eigenvalue weighted by Gasteiger charge is 2.73. The molecule has 5 aliphatic rings. The van der Waals surface area contributed by atoms with Gasteiger partial charge in [-0.05, 0) is 105 Å². The number of piperidine rings is 1. The number of benzene rings is 3. The first-order valence-electron chi connectivity index (χ1n) is 16.7. The number of likely N-dealkylation sites (tertiary alicyclic amines) is 1. The fourth-order valence-electron chi connectivity index (χ4n) is 8.73. The van der Waals surface area contributed by atoms with Crippen molar-refractivity contribution in [2.75, 3.05) is 19.6 Å². The third-order valence-corrected chi connectivity index (χ3v) is 11.0. The van der Waals surface area contributed by atoms with E-state index in [0.29, 0.717) is 43.5 Å². The van der Waals surface area contributed by atoms with E-state index in [9.17, 15) is 14.7 Å². The Hall–Kier alpha value is -3.68. The summed E-state index contributed by atoms with van der Waals surface area (Å²) in [6.07, 6.45) is 4.84. The topological polar surface area (TPSA) is 88.1 Å². The molecule has 7 nitrogen and oxygen atoms in total. The van der Waals surface area contributed by atoms with Crippen LogP contribution in [-0.4, -0.2) is 65.2 Å². The number of ether oxygens (including phenoxy) is 2. The quantitative estimate of drug-likeness (QED) is 0.346. The van der Waals surface area contributed by atoms with Gasteiger partial charge in [0.05, 0.1) is 22.7 Å². The molecule has 7 heteroatoms. The molecule has 2 heterocycles. The maximum absolute atomic E-state index is 13.6. The summed E-state index contributed by atoms with van der Waals surface area (Å²) in [5, 5.41) is 15.6. The number of rotatable bonds is 9. The lowest BCUT2D eigenvalue weighted by Gasteiger charge is -2.62. The maximum atomic E-state index is 13.6. The second kappa shape index (κ2) is 10.7. The van der Waals surface area contributed by atoms with Crippen molar-refractivity contribution in [1.29, 1.82) is 0 Å². The van der Waals surface area contributed by atoms with Gasteiger partial charge < -0.3 is 19.9 Å². The summed E-state index contributed by atoms with van der Waals surface area (Å²) in [5.41, 5.74) is 4.11. The van der Waals surface area contributed by atoms with E-state index >= 15 is 0 Å². The van der Waals surface area contributed by atoms with Crippen LogP contribution in [0.3, 0.4) is 0 Å². The number of hydrogen-bond acceptors (Lipinski definition) is 6. The number of hydrogen-bond donors (Lipinski definition) is 2. The molecule has 0 aromatic heterocycles. The number of carbonyl (C=O) groups excluding carboxylic acids is 2. The monoisotopic (exact) mass is 606 g/mol. The molecule has 3 fully saturated rings. The average molecular weight is 607 g/mol. The van der Waals surface area contributed by atoms with Crippen LogP contribution in [0.1, 0.15) is 73.0 Å². The Morgan fingerprint density at radius 1 is 1.04 bits per heavy atom. The van der Waals surface area contributed by atoms with Crippen molar-refractivity contribution in [2.24, 2.45) is 5.92 Å². The van der Waals surface area contributed by atoms with Crippen LogP contribution in [0.5, 0.6) is 11.5 Å². The van der Waals surface area contributed by atoms with Crippen molar-refractivity contribution >= 4 is 11.7 Å². The van der Waals surface area contributed by atoms with Crippen molar-refractivity contribution in [2.45, 2.75) is 88.1 Å². The van der Waals surface area contributed by atoms with Crippen molar-refractivity contribution in [1.82, 2.24) is 10.2 Å². The summed E-state index contributed by atoms with van der Waals surface area (Å²) in [7, 11) is 0. The number of amides is 1. The molecular weight excluding hydrogens is 564 g/mol. The molecule has 3 aromatic rings. The molecule has 4 atom stereocenters. The lowest BCUT2D eigenvalue weighted by Crippen LogP contribution is -2.76. The first kappa shape index (κ1) is 28.8. The van der Waals surface area contributed by atoms with Gasteiger partial charge in [-0.1, -0.05) is 42.5 Å². The Labute approximate surface area is 264 Å². The zero-order chi connectivity index (χ0) is 30.9. The predicted molar refractivity (Wildman–Crippen MR) is 172 cm³/mol. The second-order valence-corrected chi connectivity index (χ2v) is 14.1. The molecule has 45 heavy (non-hydrogen) atoms. The molecule has 0 unspecified atom stereocenters. The largest absolute Gasteiger partial charge is 0.491 e. The minimum absolute atomic E-state index is 0.0196. The van der Waals surface area contributed by atoms with Gasteiger partial charge in [-0.2, -0.15) is 0 Å². The van der Waals surface area contributed by atoms with Gasteiger partial charge >= 0.3 is 0 Å². The second-order valence-electron chi connectivity index (χ2n) is 14.1. The fourth-order valence-corrected chi connectivity index (χ4v) is 8.73. The Morgan fingerprint density at radius 3 is 2.49 bits per heavy atom. The fraction of sp³-hybridized carbons (Fsp3) is 0.474. The van der Waals surface area contributed by atoms with E-state index in [-0.39, 0.29) is 23.8 Å². The molecule has 3 aliphatic carbocycles. The number of carbonyl (C=O) groups is 2. The van der Waals surface area contributed by atoms with Crippen molar-refractivity contribution in [3.05, 3.63) is 82.9 Å². The molecule has 1 amide bonds. The van der Waals surface area contributed by atoms with Gasteiger partial charge in [0.15, 0.2) is 11.9 Å². The summed E-state index contributed by atoms with van der Waals surface area (Å²) in [4.78, 5) is 29.4. The van der Waals surface area contributed by atoms with E-state index in [1.807, 2.05) is 38.1 Å². The first-order chi connectivity index (χ1) is 21.8. The number of nitrogens with one attached hydrogen (secondary N) is 1. The number of nitrogens with zero attached hydrogens (tertiary/aromatic N) is 1. The van der Waals surface area contributed by atoms with Crippen LogP contribution in [0.15, 0.2) is 60.7 Å². The molecule has 234 valence electrons. The molecule has 1 saturated heterocycles. The van der Waals surface area contributed by atoms with Crippen molar-refractivity contribution in [3.63, 3.8) is 0 Å². The van der Waals surface area contributed by atoms with Crippen LogP contribution in [0, 0.1) is 5.92 Å². The maximum Gasteiger partial charge on any atom is 0.255 e. The van der Waals surface area contributed by atoms with E-state index in [2.05, 4.69) is 46.6 Å². The van der Waals surface area contributed by atoms with Crippen LogP contribution >= 0.6 is 0 Å². The summed E-state index contributed by atoms with van der Waals surface area (Å²) in [6, 6.07) is 20.4. The van der Waals surface area contributed by atoms with Crippen LogP contribution in [-0.2, 0) is 23.1 Å². The standard InChI is InChI=1S/C38H42N2O5/c1-23(2)44-29-12-9-27(10-13-29)26-7-5-24(6-8-26)16-19-39-36(42)30-14-11-28-21-32-38(43)17-15-31(41)35-37(38,33(28)34(30)45-35)18-20-40(32)22-25-3-4-25/h5-14,23,25,32,35,43H,3-4,15-22H2,1-2H3,(H,39,42)/t32-,35+,37+,38-/m1/s1. The van der Waals surface area contributed by atoms with Crippen LogP contribution < -0.4 is 14.8 Å². The van der Waals surface area contributed by atoms with Gasteiger partial charge in [0, 0.05) is 31.1 Å². The zero-order valence-corrected chi connectivity index (χ0v) is 26.2. The lowest BCUT2D eigenvalue weighted by atomic mass is 9.49. The van der Waals surface area contributed by atoms with Crippen LogP contribution in [0.2, 0.25) is 0 Å². The molecule has 8 rings (SSSR count). The van der Waals surface area contributed by atoms with Gasteiger partial charge in [-0.15, -0.1) is 0 Å². The Kier molecular flexibility index (Phi) is 6.84. The molecule has 2 N–H and O–H groups in total. The number of ketones is 1. The molecule has 2 saturated carbocycles. The average Bonchev–Trinajstić information content (AvgIpc) is 3.77. The van der Waals surface area contributed by atoms with Crippen molar-refractivity contribution in [3.8, 4) is 22.6 Å². The third-order valence-electron chi connectivity index (χ3n) is 11.0. The van der Waals surface area contributed by atoms with Gasteiger partial charge in [0.2, 0.25) is 0 Å². The van der Waals surface area contributed by atoms with E-state index in [4.69, 9.17) is 9.47 Å². The predicted octanol–water partition coefficient (Wildman–Crippen LogP) is 5.25. The zero-order valence-electron chi connectivity index (χ0n) is 26.2. The highest BCUT2D eigenvalue weighted by atomic mass is 16.5. The van der Waals surface area contributed by atoms with Gasteiger partial charge in [-0.25, -0.2) is 0 Å². The third kappa shape index (κ3) is 4.61. The van der Waals surface area contributed by atoms with E-state index < -0.39 is 17.1 Å². The summed E-state index contributed by atoms with van der Waals surface area (Å²) in [6.45, 7) is 6.39. The van der Waals surface area contributed by atoms with Crippen LogP contribution in [0.4, 0.5) is 0 Å². The minimum atomic E-state index is -1.03. The molecule has 1 spiro atoms. The van der Waals surface area contributed by atoms with E-state index in [1.54, 1.807) is 0 Å². The molecule has 0 radical (unpaired) electrons. The Morgan fingerprint density at radius 2 is 1.78 bits per heavy atom. The Bertz CT molecular complexity index is 1650. The normalized spacial score (nSPS) is 28.0. The van der Waals surface area contributed by atoms with Crippen molar-refractivity contribution < 1.29 is 24.2 Å². The van der Waals surface area contributed by atoms with Gasteiger partial charge in [0.1, 0.15) is 11.5 Å². The SMILES string of the molecule is CC(C)Oc1ccc(-c2ccc(CCNC(=O)c3ccc4c5c3O[C@H]3C(=O)CC[C@@]6(O)[C@@H](C4)N(CC4CC4)CC[C@]536)cc2)cc1. The van der Waals surface area contributed by atoms with E-state index in [0.717, 1.165) is 59.0 Å². The Balaban J connectivity index is 0.984. The minimum Gasteiger partial charge on any atom is -0.491 e. The van der Waals surface area contributed by atoms with Gasteiger partial charge in [0.25, 0.3) is 5.91 Å². The smallest absolute Gasteiger partial charge is 0.255 e. The molecular formula is C38H42N2O5.